The molecule has 0 aromatic heterocycles. The molecule has 72 valence electrons. The molecule has 2 aromatic carbocycles. The third kappa shape index (κ3) is 1.28. The fourth-order valence-corrected chi connectivity index (χ4v) is 1.93. The highest BCUT2D eigenvalue weighted by Crippen LogP contribution is 2.30. The molecule has 0 amide bonds. The van der Waals surface area contributed by atoms with Crippen LogP contribution in [-0.4, -0.2) is 0 Å². The van der Waals surface area contributed by atoms with Gasteiger partial charge in [-0.2, -0.15) is 0 Å². The molecule has 0 spiro atoms. The molecule has 0 heterocycles. The SMILES string of the molecule is Cc1cc(F)c2c(Cl)cccc2c1C. The number of halogens is 2. The van der Waals surface area contributed by atoms with Crippen molar-refractivity contribution in [2.45, 2.75) is 13.8 Å². The van der Waals surface area contributed by atoms with E-state index >= 15 is 0 Å². The van der Waals surface area contributed by atoms with Crippen molar-refractivity contribution in [3.8, 4) is 0 Å². The van der Waals surface area contributed by atoms with E-state index in [9.17, 15) is 4.39 Å². The first-order chi connectivity index (χ1) is 6.61. The first-order valence-electron chi connectivity index (χ1n) is 4.45. The van der Waals surface area contributed by atoms with Crippen LogP contribution in [0.1, 0.15) is 11.1 Å². The number of hydrogen-bond acceptors (Lipinski definition) is 0. The molecule has 0 saturated carbocycles. The van der Waals surface area contributed by atoms with Crippen LogP contribution in [0.25, 0.3) is 10.8 Å². The molecule has 0 fully saturated rings. The molecule has 0 N–H and O–H groups in total. The molecule has 2 heteroatoms. The molecule has 0 saturated heterocycles. The lowest BCUT2D eigenvalue weighted by Gasteiger charge is -2.08. The topological polar surface area (TPSA) is 0 Å². The zero-order chi connectivity index (χ0) is 10.3. The fraction of sp³-hybridized carbons (Fsp3) is 0.167. The first-order valence-corrected chi connectivity index (χ1v) is 4.83. The number of benzene rings is 2. The Labute approximate surface area is 87.3 Å². The molecule has 0 atom stereocenters. The molecule has 2 rings (SSSR count). The van der Waals surface area contributed by atoms with Gasteiger partial charge in [-0.3, -0.25) is 0 Å². The van der Waals surface area contributed by atoms with Crippen LogP contribution in [0.2, 0.25) is 5.02 Å². The minimum Gasteiger partial charge on any atom is -0.206 e. The quantitative estimate of drug-likeness (QED) is 0.607. The van der Waals surface area contributed by atoms with Crippen LogP contribution in [0.15, 0.2) is 24.3 Å². The van der Waals surface area contributed by atoms with E-state index in [1.54, 1.807) is 6.07 Å². The molecule has 0 radical (unpaired) electrons. The molecule has 0 aliphatic rings. The summed E-state index contributed by atoms with van der Waals surface area (Å²) in [5.74, 6) is -0.242. The zero-order valence-corrected chi connectivity index (χ0v) is 8.82. The largest absolute Gasteiger partial charge is 0.206 e. The highest BCUT2D eigenvalue weighted by atomic mass is 35.5. The molecule has 14 heavy (non-hydrogen) atoms. The van der Waals surface area contributed by atoms with Gasteiger partial charge in [0.1, 0.15) is 5.82 Å². The minimum absolute atomic E-state index is 0.242. The number of fused-ring (bicyclic) bond motifs is 1. The Morgan fingerprint density at radius 1 is 1.21 bits per heavy atom. The smallest absolute Gasteiger partial charge is 0.132 e. The molecule has 0 aliphatic heterocycles. The summed E-state index contributed by atoms with van der Waals surface area (Å²) in [5.41, 5.74) is 2.04. The normalized spacial score (nSPS) is 10.9. The van der Waals surface area contributed by atoms with Crippen molar-refractivity contribution in [1.29, 1.82) is 0 Å². The molecule has 0 bridgehead atoms. The van der Waals surface area contributed by atoms with E-state index in [1.165, 1.54) is 6.07 Å². The van der Waals surface area contributed by atoms with Gasteiger partial charge in [-0.25, -0.2) is 4.39 Å². The van der Waals surface area contributed by atoms with Crippen LogP contribution in [0.4, 0.5) is 4.39 Å². The van der Waals surface area contributed by atoms with Crippen molar-refractivity contribution < 1.29 is 4.39 Å². The molecular formula is C12H10ClF. The molecular weight excluding hydrogens is 199 g/mol. The summed E-state index contributed by atoms with van der Waals surface area (Å²) in [6.07, 6.45) is 0. The van der Waals surface area contributed by atoms with E-state index < -0.39 is 0 Å². The molecule has 2 aromatic rings. The monoisotopic (exact) mass is 208 g/mol. The maximum Gasteiger partial charge on any atom is 0.132 e. The lowest BCUT2D eigenvalue weighted by atomic mass is 10.0. The van der Waals surface area contributed by atoms with Crippen molar-refractivity contribution in [3.05, 3.63) is 46.2 Å². The van der Waals surface area contributed by atoms with Crippen LogP contribution >= 0.6 is 11.6 Å². The summed E-state index contributed by atoms with van der Waals surface area (Å²) >= 11 is 5.95. The molecule has 0 nitrogen and oxygen atoms in total. The summed E-state index contributed by atoms with van der Waals surface area (Å²) < 4.78 is 13.6. The van der Waals surface area contributed by atoms with E-state index in [1.807, 2.05) is 26.0 Å². The Morgan fingerprint density at radius 2 is 1.93 bits per heavy atom. The van der Waals surface area contributed by atoms with Gasteiger partial charge in [0.15, 0.2) is 0 Å². The van der Waals surface area contributed by atoms with Gasteiger partial charge in [0.2, 0.25) is 0 Å². The van der Waals surface area contributed by atoms with Gasteiger partial charge in [-0.1, -0.05) is 23.7 Å². The van der Waals surface area contributed by atoms with Crippen LogP contribution < -0.4 is 0 Å². The number of rotatable bonds is 0. The highest BCUT2D eigenvalue weighted by Gasteiger charge is 2.08. The van der Waals surface area contributed by atoms with Crippen molar-refractivity contribution >= 4 is 22.4 Å². The molecule has 0 aliphatic carbocycles. The Hall–Kier alpha value is -1.08. The summed E-state index contributed by atoms with van der Waals surface area (Å²) in [6.45, 7) is 3.88. The van der Waals surface area contributed by atoms with Crippen LogP contribution in [-0.2, 0) is 0 Å². The van der Waals surface area contributed by atoms with Crippen LogP contribution in [0.5, 0.6) is 0 Å². The Bertz CT molecular complexity index is 503. The van der Waals surface area contributed by atoms with E-state index in [0.717, 1.165) is 16.5 Å². The predicted molar refractivity (Wildman–Crippen MR) is 58.4 cm³/mol. The van der Waals surface area contributed by atoms with E-state index in [2.05, 4.69) is 0 Å². The van der Waals surface area contributed by atoms with Crippen molar-refractivity contribution in [3.63, 3.8) is 0 Å². The summed E-state index contributed by atoms with van der Waals surface area (Å²) in [4.78, 5) is 0. The predicted octanol–water partition coefficient (Wildman–Crippen LogP) is 4.25. The Kier molecular flexibility index (Phi) is 2.20. The maximum absolute atomic E-state index is 13.6. The van der Waals surface area contributed by atoms with Gasteiger partial charge in [0.05, 0.1) is 5.02 Å². The number of aryl methyl sites for hydroxylation is 2. The Morgan fingerprint density at radius 3 is 2.64 bits per heavy atom. The number of hydrogen-bond donors (Lipinski definition) is 0. The minimum atomic E-state index is -0.242. The third-order valence-corrected chi connectivity index (χ3v) is 2.91. The van der Waals surface area contributed by atoms with Crippen molar-refractivity contribution in [2.24, 2.45) is 0 Å². The van der Waals surface area contributed by atoms with Crippen LogP contribution in [0, 0.1) is 19.7 Å². The standard InChI is InChI=1S/C12H10ClF/c1-7-6-11(14)12-9(8(7)2)4-3-5-10(12)13/h3-6H,1-2H3. The second-order valence-corrected chi connectivity index (χ2v) is 3.87. The van der Waals surface area contributed by atoms with Gasteiger partial charge in [-0.15, -0.1) is 0 Å². The highest BCUT2D eigenvalue weighted by molar-refractivity contribution is 6.35. The van der Waals surface area contributed by atoms with E-state index in [-0.39, 0.29) is 5.82 Å². The summed E-state index contributed by atoms with van der Waals surface area (Å²) in [5, 5.41) is 1.90. The van der Waals surface area contributed by atoms with Gasteiger partial charge in [0.25, 0.3) is 0 Å². The Balaban J connectivity index is 3.02. The fourth-order valence-electron chi connectivity index (χ4n) is 1.66. The lowest BCUT2D eigenvalue weighted by Crippen LogP contribution is -1.88. The van der Waals surface area contributed by atoms with Gasteiger partial charge in [-0.05, 0) is 42.5 Å². The van der Waals surface area contributed by atoms with Crippen molar-refractivity contribution in [1.82, 2.24) is 0 Å². The summed E-state index contributed by atoms with van der Waals surface area (Å²) in [6, 6.07) is 6.98. The second kappa shape index (κ2) is 3.25. The summed E-state index contributed by atoms with van der Waals surface area (Å²) in [7, 11) is 0. The average Bonchev–Trinajstić information content (AvgIpc) is 2.14. The van der Waals surface area contributed by atoms with Gasteiger partial charge < -0.3 is 0 Å². The van der Waals surface area contributed by atoms with Gasteiger partial charge >= 0.3 is 0 Å². The van der Waals surface area contributed by atoms with E-state index in [0.29, 0.717) is 10.4 Å². The van der Waals surface area contributed by atoms with Gasteiger partial charge in [0, 0.05) is 5.39 Å². The van der Waals surface area contributed by atoms with E-state index in [4.69, 9.17) is 11.6 Å². The van der Waals surface area contributed by atoms with Crippen LogP contribution in [0.3, 0.4) is 0 Å². The second-order valence-electron chi connectivity index (χ2n) is 3.46. The van der Waals surface area contributed by atoms with Crippen molar-refractivity contribution in [2.75, 3.05) is 0 Å². The third-order valence-electron chi connectivity index (χ3n) is 2.59. The average molecular weight is 209 g/mol. The molecule has 0 unspecified atom stereocenters. The lowest BCUT2D eigenvalue weighted by molar-refractivity contribution is 0.638. The maximum atomic E-state index is 13.6. The zero-order valence-electron chi connectivity index (χ0n) is 8.07. The first kappa shape index (κ1) is 9.47.